The van der Waals surface area contributed by atoms with Crippen LogP contribution in [0.4, 0.5) is 13.2 Å². The highest BCUT2D eigenvalue weighted by Gasteiger charge is 2.22. The van der Waals surface area contributed by atoms with Gasteiger partial charge in [0.2, 0.25) is 0 Å². The lowest BCUT2D eigenvalue weighted by Gasteiger charge is -2.12. The Morgan fingerprint density at radius 1 is 1.06 bits per heavy atom. The molecule has 0 saturated heterocycles. The minimum Gasteiger partial charge on any atom is -0.204 e. The molecule has 0 aliphatic heterocycles. The molecule has 1 heterocycles. The van der Waals surface area contributed by atoms with E-state index < -0.39 is 22.3 Å². The number of thiophene rings is 1. The molecule has 0 aliphatic carbocycles. The van der Waals surface area contributed by atoms with E-state index in [9.17, 15) is 13.2 Å². The Morgan fingerprint density at radius 3 is 2.28 bits per heavy atom. The van der Waals surface area contributed by atoms with Gasteiger partial charge < -0.3 is 0 Å². The summed E-state index contributed by atoms with van der Waals surface area (Å²) in [5, 5.41) is 0. The third-order valence-corrected chi connectivity index (χ3v) is 4.66. The fraction of sp³-hybridized carbons (Fsp3) is 0.231. The second-order valence-electron chi connectivity index (χ2n) is 4.00. The average Bonchev–Trinajstić information content (AvgIpc) is 2.65. The fourth-order valence-corrected chi connectivity index (χ4v) is 3.75. The van der Waals surface area contributed by atoms with Gasteiger partial charge >= 0.3 is 0 Å². The van der Waals surface area contributed by atoms with Crippen LogP contribution in [0, 0.1) is 31.3 Å². The molecule has 1 aromatic heterocycles. The van der Waals surface area contributed by atoms with Gasteiger partial charge in [0.1, 0.15) is 0 Å². The molecule has 0 amide bonds. The molecule has 0 N–H and O–H groups in total. The Bertz CT molecular complexity index is 592. The van der Waals surface area contributed by atoms with Crippen LogP contribution in [0.3, 0.4) is 0 Å². The van der Waals surface area contributed by atoms with Gasteiger partial charge in [0.05, 0.1) is 4.83 Å². The molecular weight excluding hydrogens is 325 g/mol. The summed E-state index contributed by atoms with van der Waals surface area (Å²) < 4.78 is 39.8. The summed E-state index contributed by atoms with van der Waals surface area (Å²) in [4.78, 5) is 1.64. The van der Waals surface area contributed by atoms with Crippen molar-refractivity contribution in [3.05, 3.63) is 56.5 Å². The van der Waals surface area contributed by atoms with Crippen molar-refractivity contribution in [3.63, 3.8) is 0 Å². The third-order valence-electron chi connectivity index (χ3n) is 2.69. The summed E-state index contributed by atoms with van der Waals surface area (Å²) >= 11 is 4.93. The van der Waals surface area contributed by atoms with Crippen LogP contribution in [-0.4, -0.2) is 0 Å². The van der Waals surface area contributed by atoms with Gasteiger partial charge in [-0.3, -0.25) is 0 Å². The summed E-state index contributed by atoms with van der Waals surface area (Å²) in [5.74, 6) is -3.74. The van der Waals surface area contributed by atoms with Crippen LogP contribution in [0.1, 0.15) is 25.7 Å². The molecule has 0 aliphatic rings. The number of halogens is 4. The van der Waals surface area contributed by atoms with Gasteiger partial charge in [-0.2, -0.15) is 0 Å². The Morgan fingerprint density at radius 2 is 1.72 bits per heavy atom. The molecule has 0 nitrogen and oxygen atoms in total. The number of alkyl halides is 1. The number of benzene rings is 1. The Hall–Kier alpha value is -0.810. The van der Waals surface area contributed by atoms with Gasteiger partial charge in [-0.1, -0.05) is 22.0 Å². The lowest BCUT2D eigenvalue weighted by atomic mass is 10.0. The van der Waals surface area contributed by atoms with E-state index in [0.29, 0.717) is 0 Å². The van der Waals surface area contributed by atoms with E-state index >= 15 is 0 Å². The fourth-order valence-electron chi connectivity index (χ4n) is 1.81. The van der Waals surface area contributed by atoms with Crippen LogP contribution >= 0.6 is 27.3 Å². The van der Waals surface area contributed by atoms with Crippen molar-refractivity contribution in [3.8, 4) is 0 Å². The van der Waals surface area contributed by atoms with E-state index in [1.165, 1.54) is 6.07 Å². The summed E-state index contributed by atoms with van der Waals surface area (Å²) in [6.45, 7) is 3.86. The quantitative estimate of drug-likeness (QED) is 0.518. The van der Waals surface area contributed by atoms with Crippen molar-refractivity contribution < 1.29 is 13.2 Å². The monoisotopic (exact) mass is 334 g/mol. The second kappa shape index (κ2) is 5.05. The highest BCUT2D eigenvalue weighted by Crippen LogP contribution is 2.38. The van der Waals surface area contributed by atoms with Crippen molar-refractivity contribution in [2.24, 2.45) is 0 Å². The van der Waals surface area contributed by atoms with E-state index in [1.807, 2.05) is 19.9 Å². The minimum atomic E-state index is -1.43. The van der Waals surface area contributed by atoms with E-state index in [2.05, 4.69) is 15.9 Å². The SMILES string of the molecule is Cc1cc(C(Br)c2ccc(F)c(F)c2F)c(C)s1. The van der Waals surface area contributed by atoms with Crippen LogP contribution < -0.4 is 0 Å². The van der Waals surface area contributed by atoms with Crippen molar-refractivity contribution in [1.82, 2.24) is 0 Å². The van der Waals surface area contributed by atoms with E-state index in [0.717, 1.165) is 21.4 Å². The maximum atomic E-state index is 13.7. The molecule has 18 heavy (non-hydrogen) atoms. The highest BCUT2D eigenvalue weighted by molar-refractivity contribution is 9.09. The Balaban J connectivity index is 2.49. The Labute approximate surface area is 116 Å². The lowest BCUT2D eigenvalue weighted by molar-refractivity contribution is 0.442. The molecule has 2 rings (SSSR count). The summed E-state index contributed by atoms with van der Waals surface area (Å²) in [7, 11) is 0. The molecule has 0 spiro atoms. The first kappa shape index (κ1) is 13.6. The Kier molecular flexibility index (Phi) is 3.82. The van der Waals surface area contributed by atoms with E-state index in [1.54, 1.807) is 11.3 Å². The van der Waals surface area contributed by atoms with Gasteiger partial charge in [0.15, 0.2) is 17.5 Å². The highest BCUT2D eigenvalue weighted by atomic mass is 79.9. The zero-order valence-electron chi connectivity index (χ0n) is 9.73. The smallest absolute Gasteiger partial charge is 0.194 e. The van der Waals surface area contributed by atoms with Crippen molar-refractivity contribution in [2.75, 3.05) is 0 Å². The van der Waals surface area contributed by atoms with Gasteiger partial charge in [-0.25, -0.2) is 13.2 Å². The number of hydrogen-bond donors (Lipinski definition) is 0. The molecule has 0 radical (unpaired) electrons. The van der Waals surface area contributed by atoms with Crippen molar-refractivity contribution in [1.29, 1.82) is 0 Å². The average molecular weight is 335 g/mol. The van der Waals surface area contributed by atoms with Crippen molar-refractivity contribution >= 4 is 27.3 Å². The van der Waals surface area contributed by atoms with E-state index in [-0.39, 0.29) is 5.56 Å². The zero-order valence-corrected chi connectivity index (χ0v) is 12.1. The first-order chi connectivity index (χ1) is 8.41. The number of aryl methyl sites for hydroxylation is 2. The second-order valence-corrected chi connectivity index (χ2v) is 6.37. The molecule has 0 bridgehead atoms. The van der Waals surface area contributed by atoms with Crippen LogP contribution in [0.25, 0.3) is 0 Å². The topological polar surface area (TPSA) is 0 Å². The van der Waals surface area contributed by atoms with Crippen molar-refractivity contribution in [2.45, 2.75) is 18.7 Å². The summed E-state index contributed by atoms with van der Waals surface area (Å²) in [6.07, 6.45) is 0. The maximum absolute atomic E-state index is 13.7. The molecule has 1 aromatic carbocycles. The molecule has 1 atom stereocenters. The molecule has 96 valence electrons. The standard InChI is InChI=1S/C13H10BrF3S/c1-6-5-9(7(2)18-6)11(14)8-3-4-10(15)13(17)12(8)16/h3-5,11H,1-2H3. The molecule has 0 fully saturated rings. The molecule has 0 saturated carbocycles. The predicted octanol–water partition coefficient (Wildman–Crippen LogP) is 5.27. The normalized spacial score (nSPS) is 12.8. The lowest BCUT2D eigenvalue weighted by Crippen LogP contribution is -2.01. The molecule has 5 heteroatoms. The van der Waals surface area contributed by atoms with Crippen LogP contribution in [0.15, 0.2) is 18.2 Å². The third kappa shape index (κ3) is 2.34. The van der Waals surface area contributed by atoms with Crippen LogP contribution in [0.2, 0.25) is 0 Å². The van der Waals surface area contributed by atoms with Gasteiger partial charge in [-0.05, 0) is 31.5 Å². The first-order valence-corrected chi connectivity index (χ1v) is 6.99. The number of hydrogen-bond acceptors (Lipinski definition) is 1. The molecule has 2 aromatic rings. The number of rotatable bonds is 2. The zero-order chi connectivity index (χ0) is 13.4. The van der Waals surface area contributed by atoms with Gasteiger partial charge in [-0.15, -0.1) is 11.3 Å². The van der Waals surface area contributed by atoms with Gasteiger partial charge in [0, 0.05) is 15.3 Å². The summed E-state index contributed by atoms with van der Waals surface area (Å²) in [6, 6.07) is 4.12. The van der Waals surface area contributed by atoms with Crippen LogP contribution in [0.5, 0.6) is 0 Å². The minimum absolute atomic E-state index is 0.106. The van der Waals surface area contributed by atoms with E-state index in [4.69, 9.17) is 0 Å². The predicted molar refractivity (Wildman–Crippen MR) is 70.9 cm³/mol. The summed E-state index contributed by atoms with van der Waals surface area (Å²) in [5.41, 5.74) is 0.984. The maximum Gasteiger partial charge on any atom is 0.194 e. The first-order valence-electron chi connectivity index (χ1n) is 5.26. The molecule has 1 unspecified atom stereocenters. The van der Waals surface area contributed by atoms with Gasteiger partial charge in [0.25, 0.3) is 0 Å². The molecular formula is C13H10BrF3S. The largest absolute Gasteiger partial charge is 0.204 e. The van der Waals surface area contributed by atoms with Crippen LogP contribution in [-0.2, 0) is 0 Å².